The first-order valence-corrected chi connectivity index (χ1v) is 7.84. The molecule has 0 aliphatic carbocycles. The molecule has 0 heterocycles. The summed E-state index contributed by atoms with van der Waals surface area (Å²) >= 11 is 0. The zero-order chi connectivity index (χ0) is 17.2. The van der Waals surface area contributed by atoms with E-state index in [9.17, 15) is 22.9 Å². The zero-order valence-electron chi connectivity index (χ0n) is 12.2. The van der Waals surface area contributed by atoms with Crippen LogP contribution in [0.25, 0.3) is 0 Å². The number of sulfonamides is 1. The van der Waals surface area contributed by atoms with E-state index in [1.165, 1.54) is 25.3 Å². The molecule has 2 aromatic rings. The molecule has 0 atom stereocenters. The van der Waals surface area contributed by atoms with Crippen molar-refractivity contribution in [2.45, 2.75) is 11.8 Å². The van der Waals surface area contributed by atoms with Crippen LogP contribution in [0.1, 0.15) is 5.56 Å². The molecule has 122 valence electrons. The van der Waals surface area contributed by atoms with E-state index in [0.29, 0.717) is 5.56 Å². The van der Waals surface area contributed by atoms with E-state index < -0.39 is 31.3 Å². The van der Waals surface area contributed by atoms with Gasteiger partial charge in [-0.3, -0.25) is 14.8 Å². The fourth-order valence-electron chi connectivity index (χ4n) is 1.90. The highest BCUT2D eigenvalue weighted by atomic mass is 32.2. The number of nitro benzene ring substituents is 1. The minimum Gasteiger partial charge on any atom is -0.497 e. The predicted molar refractivity (Wildman–Crippen MR) is 81.6 cm³/mol. The van der Waals surface area contributed by atoms with Crippen LogP contribution < -0.4 is 9.46 Å². The van der Waals surface area contributed by atoms with Gasteiger partial charge >= 0.3 is 0 Å². The van der Waals surface area contributed by atoms with Crippen molar-refractivity contribution in [3.05, 3.63) is 57.9 Å². The Balaban J connectivity index is 2.51. The van der Waals surface area contributed by atoms with Crippen molar-refractivity contribution in [1.82, 2.24) is 0 Å². The van der Waals surface area contributed by atoms with Gasteiger partial charge < -0.3 is 4.74 Å². The van der Waals surface area contributed by atoms with Gasteiger partial charge in [0.1, 0.15) is 11.6 Å². The molecule has 0 fully saturated rings. The van der Waals surface area contributed by atoms with Gasteiger partial charge in [-0.25, -0.2) is 12.8 Å². The quantitative estimate of drug-likeness (QED) is 0.666. The Morgan fingerprint density at radius 1 is 1.22 bits per heavy atom. The summed E-state index contributed by atoms with van der Waals surface area (Å²) in [6.45, 7) is 1.58. The van der Waals surface area contributed by atoms with Crippen molar-refractivity contribution in [2.24, 2.45) is 0 Å². The average Bonchev–Trinajstić information content (AvgIpc) is 2.50. The average molecular weight is 340 g/mol. The maximum atomic E-state index is 13.3. The van der Waals surface area contributed by atoms with Crippen molar-refractivity contribution < 1.29 is 22.5 Å². The summed E-state index contributed by atoms with van der Waals surface area (Å²) in [5, 5.41) is 11.1. The van der Waals surface area contributed by atoms with Crippen LogP contribution in [0.3, 0.4) is 0 Å². The normalized spacial score (nSPS) is 11.1. The Bertz CT molecular complexity index is 867. The molecule has 0 spiro atoms. The molecule has 0 aromatic heterocycles. The lowest BCUT2D eigenvalue weighted by Crippen LogP contribution is -2.15. The Hall–Kier alpha value is -2.68. The van der Waals surface area contributed by atoms with Crippen LogP contribution in [-0.4, -0.2) is 20.5 Å². The third-order valence-electron chi connectivity index (χ3n) is 3.10. The Morgan fingerprint density at radius 3 is 2.52 bits per heavy atom. The number of anilines is 1. The third kappa shape index (κ3) is 3.57. The molecule has 0 unspecified atom stereocenters. The highest BCUT2D eigenvalue weighted by Gasteiger charge is 2.27. The molecule has 0 amide bonds. The van der Waals surface area contributed by atoms with Crippen LogP contribution in [0.15, 0.2) is 41.3 Å². The first-order chi connectivity index (χ1) is 10.7. The summed E-state index contributed by atoms with van der Waals surface area (Å²) in [6, 6.07) is 6.95. The summed E-state index contributed by atoms with van der Waals surface area (Å²) in [5.74, 6) is -0.477. The molecule has 7 nitrogen and oxygen atoms in total. The first kappa shape index (κ1) is 16.7. The molecule has 23 heavy (non-hydrogen) atoms. The molecular formula is C14H13FN2O5S. The van der Waals surface area contributed by atoms with Gasteiger partial charge in [0.2, 0.25) is 0 Å². The number of hydrogen-bond donors (Lipinski definition) is 1. The van der Waals surface area contributed by atoms with E-state index in [2.05, 4.69) is 4.72 Å². The topological polar surface area (TPSA) is 98.5 Å². The molecule has 9 heteroatoms. The SMILES string of the molecule is COc1ccc(S(=O)(=O)Nc2cc(F)ccc2C)c([N+](=O)[O-])c1. The smallest absolute Gasteiger partial charge is 0.293 e. The second kappa shape index (κ2) is 6.21. The van der Waals surface area contributed by atoms with Gasteiger partial charge in [0, 0.05) is 0 Å². The lowest BCUT2D eigenvalue weighted by atomic mass is 10.2. The van der Waals surface area contributed by atoms with Gasteiger partial charge in [-0.1, -0.05) is 6.07 Å². The molecular weight excluding hydrogens is 327 g/mol. The highest BCUT2D eigenvalue weighted by molar-refractivity contribution is 7.92. The Labute approximate surface area is 131 Å². The van der Waals surface area contributed by atoms with Crippen LogP contribution in [0, 0.1) is 22.9 Å². The number of methoxy groups -OCH3 is 1. The van der Waals surface area contributed by atoms with Gasteiger partial charge in [-0.2, -0.15) is 0 Å². The van der Waals surface area contributed by atoms with E-state index >= 15 is 0 Å². The Kier molecular flexibility index (Phi) is 4.50. The van der Waals surface area contributed by atoms with Crippen LogP contribution in [0.2, 0.25) is 0 Å². The number of ether oxygens (including phenoxy) is 1. The van der Waals surface area contributed by atoms with Crippen LogP contribution >= 0.6 is 0 Å². The van der Waals surface area contributed by atoms with Crippen LogP contribution in [0.4, 0.5) is 15.8 Å². The van der Waals surface area contributed by atoms with Crippen molar-refractivity contribution in [1.29, 1.82) is 0 Å². The number of benzene rings is 2. The second-order valence-corrected chi connectivity index (χ2v) is 6.31. The zero-order valence-corrected chi connectivity index (χ0v) is 13.1. The minimum atomic E-state index is -4.27. The number of aryl methyl sites for hydroxylation is 1. The molecule has 0 aliphatic rings. The molecule has 0 radical (unpaired) electrons. The van der Waals surface area contributed by atoms with Crippen molar-refractivity contribution in [3.63, 3.8) is 0 Å². The van der Waals surface area contributed by atoms with E-state index in [-0.39, 0.29) is 11.4 Å². The summed E-state index contributed by atoms with van der Waals surface area (Å²) in [5.41, 5.74) is -0.146. The number of nitrogens with zero attached hydrogens (tertiary/aromatic N) is 1. The minimum absolute atomic E-state index is 0.00937. The van der Waals surface area contributed by atoms with E-state index in [4.69, 9.17) is 4.74 Å². The van der Waals surface area contributed by atoms with Gasteiger partial charge in [0.05, 0.1) is 23.8 Å². The van der Waals surface area contributed by atoms with E-state index in [1.54, 1.807) is 6.92 Å². The standard InChI is InChI=1S/C14H13FN2O5S/c1-9-3-4-10(15)7-12(9)16-23(20,21)14-6-5-11(22-2)8-13(14)17(18)19/h3-8,16H,1-2H3. The van der Waals surface area contributed by atoms with Crippen LogP contribution in [-0.2, 0) is 10.0 Å². The van der Waals surface area contributed by atoms with Gasteiger partial charge in [-0.05, 0) is 36.8 Å². The number of hydrogen-bond acceptors (Lipinski definition) is 5. The van der Waals surface area contributed by atoms with Crippen molar-refractivity contribution in [2.75, 3.05) is 11.8 Å². The molecule has 0 saturated carbocycles. The summed E-state index contributed by atoms with van der Waals surface area (Å²) in [6.07, 6.45) is 0. The predicted octanol–water partition coefficient (Wildman–Crippen LogP) is 2.85. The van der Waals surface area contributed by atoms with Crippen molar-refractivity contribution in [3.8, 4) is 5.75 Å². The largest absolute Gasteiger partial charge is 0.497 e. The first-order valence-electron chi connectivity index (χ1n) is 6.36. The van der Waals surface area contributed by atoms with Gasteiger partial charge in [0.15, 0.2) is 4.90 Å². The summed E-state index contributed by atoms with van der Waals surface area (Å²) in [4.78, 5) is 9.75. The molecule has 0 aliphatic heterocycles. The maximum Gasteiger partial charge on any atom is 0.293 e. The highest BCUT2D eigenvalue weighted by Crippen LogP contribution is 2.30. The fraction of sp³-hybridized carbons (Fsp3) is 0.143. The third-order valence-corrected chi connectivity index (χ3v) is 4.51. The number of nitro groups is 1. The maximum absolute atomic E-state index is 13.3. The lowest BCUT2D eigenvalue weighted by molar-refractivity contribution is -0.387. The number of rotatable bonds is 5. The monoisotopic (exact) mass is 340 g/mol. The summed E-state index contributed by atoms with van der Waals surface area (Å²) in [7, 11) is -2.96. The molecule has 0 saturated heterocycles. The van der Waals surface area contributed by atoms with E-state index in [0.717, 1.165) is 18.2 Å². The Morgan fingerprint density at radius 2 is 1.91 bits per heavy atom. The number of halogens is 1. The van der Waals surface area contributed by atoms with Gasteiger partial charge in [0.25, 0.3) is 15.7 Å². The van der Waals surface area contributed by atoms with Gasteiger partial charge in [-0.15, -0.1) is 0 Å². The fourth-order valence-corrected chi connectivity index (χ4v) is 3.17. The van der Waals surface area contributed by atoms with Crippen LogP contribution in [0.5, 0.6) is 5.75 Å². The van der Waals surface area contributed by atoms with Crippen molar-refractivity contribution >= 4 is 21.4 Å². The second-order valence-electron chi connectivity index (χ2n) is 4.66. The number of nitrogens with one attached hydrogen (secondary N) is 1. The molecule has 2 aromatic carbocycles. The molecule has 0 bridgehead atoms. The lowest BCUT2D eigenvalue weighted by Gasteiger charge is -2.11. The van der Waals surface area contributed by atoms with E-state index in [1.807, 2.05) is 0 Å². The summed E-state index contributed by atoms with van der Waals surface area (Å²) < 4.78 is 45.1. The molecule has 2 rings (SSSR count). The molecule has 1 N–H and O–H groups in total.